The van der Waals surface area contributed by atoms with Gasteiger partial charge in [0, 0.05) is 39.8 Å². The molecule has 0 spiro atoms. The summed E-state index contributed by atoms with van der Waals surface area (Å²) in [6.07, 6.45) is 4.72. The summed E-state index contributed by atoms with van der Waals surface area (Å²) in [4.78, 5) is 9.31. The van der Waals surface area contributed by atoms with Crippen LogP contribution in [-0.4, -0.2) is 87.9 Å². The Morgan fingerprint density at radius 3 is 2.78 bits per heavy atom. The van der Waals surface area contributed by atoms with Gasteiger partial charge >= 0.3 is 0 Å². The zero-order chi connectivity index (χ0) is 16.5. The van der Waals surface area contributed by atoms with Crippen molar-refractivity contribution in [3.05, 3.63) is 0 Å². The Balaban J connectivity index is 1.58. The Bertz CT molecular complexity index is 368. The quantitative estimate of drug-likeness (QED) is 0.429. The highest BCUT2D eigenvalue weighted by Crippen LogP contribution is 2.23. The minimum atomic E-state index is -0.0320. The van der Waals surface area contributed by atoms with Crippen LogP contribution in [0.5, 0.6) is 0 Å². The van der Waals surface area contributed by atoms with Crippen molar-refractivity contribution in [2.75, 3.05) is 66.5 Å². The van der Waals surface area contributed by atoms with E-state index < -0.39 is 0 Å². The van der Waals surface area contributed by atoms with E-state index in [1.54, 1.807) is 0 Å². The summed E-state index contributed by atoms with van der Waals surface area (Å²) in [5.74, 6) is 0.886. The van der Waals surface area contributed by atoms with Crippen LogP contribution in [0.3, 0.4) is 0 Å². The summed E-state index contributed by atoms with van der Waals surface area (Å²) in [6.45, 7) is 10.9. The summed E-state index contributed by atoms with van der Waals surface area (Å²) < 4.78 is 5.80. The normalized spacial score (nSPS) is 27.9. The molecule has 1 atom stereocenters. The molecule has 0 amide bonds. The van der Waals surface area contributed by atoms with Gasteiger partial charge in [0.2, 0.25) is 0 Å². The van der Waals surface area contributed by atoms with E-state index >= 15 is 0 Å². The van der Waals surface area contributed by atoms with E-state index in [4.69, 9.17) is 4.74 Å². The number of hydrogen-bond donors (Lipinski definition) is 2. The number of ether oxygens (including phenoxy) is 1. The molecule has 0 bridgehead atoms. The Morgan fingerprint density at radius 2 is 2.04 bits per heavy atom. The van der Waals surface area contributed by atoms with Gasteiger partial charge in [-0.2, -0.15) is 0 Å². The van der Waals surface area contributed by atoms with Crippen LogP contribution in [-0.2, 0) is 4.74 Å². The van der Waals surface area contributed by atoms with Crippen molar-refractivity contribution in [3.63, 3.8) is 0 Å². The smallest absolute Gasteiger partial charge is 0.191 e. The average Bonchev–Trinajstić information content (AvgIpc) is 2.87. The zero-order valence-corrected chi connectivity index (χ0v) is 15.2. The van der Waals surface area contributed by atoms with Crippen LogP contribution >= 0.6 is 0 Å². The third-order valence-corrected chi connectivity index (χ3v) is 4.91. The molecule has 1 unspecified atom stereocenters. The summed E-state index contributed by atoms with van der Waals surface area (Å²) >= 11 is 0. The van der Waals surface area contributed by atoms with Gasteiger partial charge in [0.15, 0.2) is 5.96 Å². The van der Waals surface area contributed by atoms with Crippen molar-refractivity contribution in [2.24, 2.45) is 4.99 Å². The van der Waals surface area contributed by atoms with Gasteiger partial charge in [-0.25, -0.2) is 0 Å². The average molecular weight is 326 g/mol. The first kappa shape index (κ1) is 18.5. The molecule has 6 heteroatoms. The third-order valence-electron chi connectivity index (χ3n) is 4.91. The van der Waals surface area contributed by atoms with E-state index in [9.17, 15) is 0 Å². The molecule has 0 aromatic heterocycles. The molecule has 2 saturated heterocycles. The fraction of sp³-hybridized carbons (Fsp3) is 0.941. The molecule has 0 aliphatic carbocycles. The lowest BCUT2D eigenvalue weighted by Gasteiger charge is -2.25. The van der Waals surface area contributed by atoms with Gasteiger partial charge < -0.3 is 25.2 Å². The maximum absolute atomic E-state index is 5.80. The predicted molar refractivity (Wildman–Crippen MR) is 96.1 cm³/mol. The maximum atomic E-state index is 5.80. The van der Waals surface area contributed by atoms with E-state index in [2.05, 4.69) is 39.4 Å². The molecule has 2 N–H and O–H groups in total. The predicted octanol–water partition coefficient (Wildman–Crippen LogP) is 0.748. The summed E-state index contributed by atoms with van der Waals surface area (Å²) in [5, 5.41) is 6.82. The van der Waals surface area contributed by atoms with Crippen LogP contribution in [0.4, 0.5) is 0 Å². The molecular formula is C17H35N5O. The Morgan fingerprint density at radius 1 is 1.17 bits per heavy atom. The van der Waals surface area contributed by atoms with Crippen LogP contribution in [0.25, 0.3) is 0 Å². The zero-order valence-electron chi connectivity index (χ0n) is 15.2. The number of nitrogens with zero attached hydrogens (tertiary/aromatic N) is 3. The second kappa shape index (κ2) is 9.45. The molecule has 0 aromatic rings. The standard InChI is InChI=1S/C17H35N5O/c1-17(7-4-14-23-17)15-20-16(18-2)19-8-5-10-22-11-6-9-21(3)12-13-22/h4-15H2,1-3H3,(H2,18,19,20). The first-order chi connectivity index (χ1) is 11.1. The lowest BCUT2D eigenvalue weighted by molar-refractivity contribution is 0.0243. The van der Waals surface area contributed by atoms with Crippen molar-refractivity contribution in [2.45, 2.75) is 38.2 Å². The lowest BCUT2D eigenvalue weighted by Crippen LogP contribution is -2.46. The van der Waals surface area contributed by atoms with Crippen molar-refractivity contribution in [1.29, 1.82) is 0 Å². The summed E-state index contributed by atoms with van der Waals surface area (Å²) in [5.41, 5.74) is -0.0320. The number of nitrogens with one attached hydrogen (secondary N) is 2. The fourth-order valence-electron chi connectivity index (χ4n) is 3.30. The number of guanidine groups is 1. The highest BCUT2D eigenvalue weighted by atomic mass is 16.5. The number of likely N-dealkylation sites (N-methyl/N-ethyl adjacent to an activating group) is 1. The Hall–Kier alpha value is -0.850. The van der Waals surface area contributed by atoms with E-state index in [-0.39, 0.29) is 5.60 Å². The van der Waals surface area contributed by atoms with Crippen molar-refractivity contribution < 1.29 is 4.74 Å². The van der Waals surface area contributed by atoms with Gasteiger partial charge in [-0.15, -0.1) is 0 Å². The Kier molecular flexibility index (Phi) is 7.59. The van der Waals surface area contributed by atoms with Gasteiger partial charge in [0.1, 0.15) is 0 Å². The SMILES string of the molecule is CN=C(NCCCN1CCCN(C)CC1)NCC1(C)CCCO1. The van der Waals surface area contributed by atoms with E-state index in [0.29, 0.717) is 0 Å². The first-order valence-electron chi connectivity index (χ1n) is 9.11. The number of hydrogen-bond acceptors (Lipinski definition) is 4. The molecule has 2 rings (SSSR count). The second-order valence-electron chi connectivity index (χ2n) is 7.11. The third kappa shape index (κ3) is 6.65. The van der Waals surface area contributed by atoms with Crippen molar-refractivity contribution >= 4 is 5.96 Å². The number of aliphatic imine (C=N–C) groups is 1. The highest BCUT2D eigenvalue weighted by Gasteiger charge is 2.29. The van der Waals surface area contributed by atoms with Gasteiger partial charge in [0.05, 0.1) is 5.60 Å². The summed E-state index contributed by atoms with van der Waals surface area (Å²) in [7, 11) is 4.05. The molecular weight excluding hydrogens is 290 g/mol. The lowest BCUT2D eigenvalue weighted by atomic mass is 10.0. The first-order valence-corrected chi connectivity index (χ1v) is 9.11. The van der Waals surface area contributed by atoms with Crippen LogP contribution < -0.4 is 10.6 Å². The van der Waals surface area contributed by atoms with Crippen molar-refractivity contribution in [1.82, 2.24) is 20.4 Å². The monoisotopic (exact) mass is 325 g/mol. The maximum Gasteiger partial charge on any atom is 0.191 e. The second-order valence-corrected chi connectivity index (χ2v) is 7.11. The molecule has 2 aliphatic heterocycles. The van der Waals surface area contributed by atoms with E-state index in [1.165, 1.54) is 39.1 Å². The Labute approximate surface area is 141 Å². The topological polar surface area (TPSA) is 52.1 Å². The van der Waals surface area contributed by atoms with E-state index in [1.807, 2.05) is 7.05 Å². The van der Waals surface area contributed by atoms with Crippen LogP contribution in [0.2, 0.25) is 0 Å². The molecule has 6 nitrogen and oxygen atoms in total. The minimum absolute atomic E-state index is 0.0320. The van der Waals surface area contributed by atoms with Crippen molar-refractivity contribution in [3.8, 4) is 0 Å². The molecule has 2 aliphatic rings. The van der Waals surface area contributed by atoms with Gasteiger partial charge in [-0.1, -0.05) is 0 Å². The minimum Gasteiger partial charge on any atom is -0.373 e. The number of rotatable bonds is 6. The van der Waals surface area contributed by atoms with Gasteiger partial charge in [-0.05, 0) is 59.3 Å². The van der Waals surface area contributed by atoms with Crippen LogP contribution in [0, 0.1) is 0 Å². The van der Waals surface area contributed by atoms with Gasteiger partial charge in [0.25, 0.3) is 0 Å². The molecule has 0 aromatic carbocycles. The molecule has 134 valence electrons. The highest BCUT2D eigenvalue weighted by molar-refractivity contribution is 5.79. The molecule has 0 radical (unpaired) electrons. The van der Waals surface area contributed by atoms with E-state index in [0.717, 1.165) is 44.9 Å². The summed E-state index contributed by atoms with van der Waals surface area (Å²) in [6, 6.07) is 0. The fourth-order valence-corrected chi connectivity index (χ4v) is 3.30. The largest absolute Gasteiger partial charge is 0.373 e. The molecule has 2 heterocycles. The van der Waals surface area contributed by atoms with Gasteiger partial charge in [-0.3, -0.25) is 4.99 Å². The van der Waals surface area contributed by atoms with Crippen LogP contribution in [0.1, 0.15) is 32.6 Å². The molecule has 2 fully saturated rings. The molecule has 23 heavy (non-hydrogen) atoms. The van der Waals surface area contributed by atoms with Crippen LogP contribution in [0.15, 0.2) is 4.99 Å². The molecule has 0 saturated carbocycles.